The number of rotatable bonds is 4. The van der Waals surface area contributed by atoms with E-state index in [-0.39, 0.29) is 17.7 Å². The molecule has 0 aliphatic heterocycles. The van der Waals surface area contributed by atoms with Gasteiger partial charge >= 0.3 is 6.18 Å². The summed E-state index contributed by atoms with van der Waals surface area (Å²) in [5.41, 5.74) is -1.21. The van der Waals surface area contributed by atoms with Crippen molar-refractivity contribution in [3.05, 3.63) is 35.7 Å². The van der Waals surface area contributed by atoms with E-state index in [1.807, 2.05) is 7.05 Å². The second kappa shape index (κ2) is 5.39. The SMILES string of the molecule is Cn1ccnc1[C@@H](NC(=O)c1cc(C(F)(F)F)nn1C)C1CC1. The second-order valence-corrected chi connectivity index (χ2v) is 5.72. The molecule has 0 aromatic carbocycles. The van der Waals surface area contributed by atoms with Crippen molar-refractivity contribution in [1.82, 2.24) is 24.6 Å². The summed E-state index contributed by atoms with van der Waals surface area (Å²) in [6, 6.07) is 0.448. The number of nitrogens with one attached hydrogen (secondary N) is 1. The van der Waals surface area contributed by atoms with Crippen LogP contribution >= 0.6 is 0 Å². The molecule has 1 fully saturated rings. The molecule has 0 saturated heterocycles. The molecular weight excluding hydrogens is 311 g/mol. The van der Waals surface area contributed by atoms with Crippen LogP contribution in [-0.2, 0) is 20.3 Å². The zero-order chi connectivity index (χ0) is 16.8. The van der Waals surface area contributed by atoms with E-state index < -0.39 is 17.8 Å². The molecule has 0 unspecified atom stereocenters. The summed E-state index contributed by atoms with van der Waals surface area (Å²) in [6.07, 6.45) is 0.727. The van der Waals surface area contributed by atoms with Gasteiger partial charge < -0.3 is 9.88 Å². The van der Waals surface area contributed by atoms with Crippen molar-refractivity contribution in [1.29, 1.82) is 0 Å². The Bertz CT molecular complexity index is 729. The van der Waals surface area contributed by atoms with Gasteiger partial charge in [0.25, 0.3) is 5.91 Å². The number of aryl methyl sites for hydroxylation is 2. The molecule has 0 spiro atoms. The fourth-order valence-electron chi connectivity index (χ4n) is 2.53. The van der Waals surface area contributed by atoms with Crippen LogP contribution in [0.15, 0.2) is 18.5 Å². The van der Waals surface area contributed by atoms with E-state index >= 15 is 0 Å². The highest BCUT2D eigenvalue weighted by atomic mass is 19.4. The van der Waals surface area contributed by atoms with Crippen molar-refractivity contribution in [2.24, 2.45) is 20.0 Å². The van der Waals surface area contributed by atoms with E-state index in [9.17, 15) is 18.0 Å². The molecule has 2 aromatic rings. The average Bonchev–Trinajstić information content (AvgIpc) is 3.09. The maximum atomic E-state index is 12.7. The van der Waals surface area contributed by atoms with Gasteiger partial charge in [-0.15, -0.1) is 0 Å². The van der Waals surface area contributed by atoms with Gasteiger partial charge in [0, 0.05) is 32.6 Å². The molecule has 0 radical (unpaired) electrons. The van der Waals surface area contributed by atoms with Crippen LogP contribution in [0.1, 0.15) is 40.9 Å². The lowest BCUT2D eigenvalue weighted by atomic mass is 10.1. The van der Waals surface area contributed by atoms with E-state index in [1.54, 1.807) is 17.0 Å². The van der Waals surface area contributed by atoms with Gasteiger partial charge in [-0.25, -0.2) is 4.98 Å². The quantitative estimate of drug-likeness (QED) is 0.935. The molecule has 1 atom stereocenters. The number of alkyl halides is 3. The first kappa shape index (κ1) is 15.6. The standard InChI is InChI=1S/C14H16F3N5O/c1-21-6-5-18-12(21)11(8-3-4-8)19-13(23)9-7-10(14(15,16)17)20-22(9)2/h5-8,11H,3-4H2,1-2H3,(H,19,23)/t11-/m0/s1. The van der Waals surface area contributed by atoms with Gasteiger partial charge in [0.1, 0.15) is 11.5 Å². The number of imidazole rings is 1. The van der Waals surface area contributed by atoms with Crippen molar-refractivity contribution >= 4 is 5.91 Å². The number of halogens is 3. The Labute approximate surface area is 130 Å². The Morgan fingerprint density at radius 3 is 2.57 bits per heavy atom. The van der Waals surface area contributed by atoms with E-state index in [0.717, 1.165) is 23.6 Å². The molecule has 1 amide bonds. The summed E-state index contributed by atoms with van der Waals surface area (Å²) in [5, 5.41) is 6.15. The van der Waals surface area contributed by atoms with Gasteiger partial charge in [-0.2, -0.15) is 18.3 Å². The molecule has 2 aromatic heterocycles. The van der Waals surface area contributed by atoms with Crippen LogP contribution in [0.3, 0.4) is 0 Å². The first-order valence-electron chi connectivity index (χ1n) is 7.16. The summed E-state index contributed by atoms with van der Waals surface area (Å²) in [7, 11) is 3.13. The van der Waals surface area contributed by atoms with Crippen LogP contribution in [0, 0.1) is 5.92 Å². The zero-order valence-electron chi connectivity index (χ0n) is 12.6. The van der Waals surface area contributed by atoms with E-state index in [0.29, 0.717) is 5.82 Å². The number of aromatic nitrogens is 4. The third-order valence-corrected chi connectivity index (χ3v) is 3.92. The molecular formula is C14H16F3N5O. The largest absolute Gasteiger partial charge is 0.435 e. The minimum atomic E-state index is -4.58. The maximum absolute atomic E-state index is 12.7. The molecule has 1 aliphatic rings. The predicted octanol–water partition coefficient (Wildman–Crippen LogP) is 2.05. The lowest BCUT2D eigenvalue weighted by Crippen LogP contribution is -2.32. The summed E-state index contributed by atoms with van der Waals surface area (Å²) in [5.74, 6) is 0.366. The topological polar surface area (TPSA) is 64.7 Å². The van der Waals surface area contributed by atoms with E-state index in [1.165, 1.54) is 7.05 Å². The van der Waals surface area contributed by atoms with Crippen LogP contribution < -0.4 is 5.32 Å². The smallest absolute Gasteiger partial charge is 0.340 e. The molecule has 0 bridgehead atoms. The number of carbonyl (C=O) groups is 1. The summed E-state index contributed by atoms with van der Waals surface area (Å²) >= 11 is 0. The average molecular weight is 327 g/mol. The molecule has 124 valence electrons. The first-order valence-corrected chi connectivity index (χ1v) is 7.16. The van der Waals surface area contributed by atoms with Crippen LogP contribution in [-0.4, -0.2) is 25.2 Å². The Morgan fingerprint density at radius 1 is 1.39 bits per heavy atom. The Morgan fingerprint density at radius 2 is 2.09 bits per heavy atom. The number of amides is 1. The van der Waals surface area contributed by atoms with Gasteiger partial charge in [0.2, 0.25) is 0 Å². The van der Waals surface area contributed by atoms with Crippen LogP contribution in [0.5, 0.6) is 0 Å². The summed E-state index contributed by atoms with van der Waals surface area (Å²) < 4.78 is 40.8. The normalized spacial score (nSPS) is 16.4. The van der Waals surface area contributed by atoms with Gasteiger partial charge in [-0.1, -0.05) is 0 Å². The van der Waals surface area contributed by atoms with Crippen LogP contribution in [0.4, 0.5) is 13.2 Å². The minimum absolute atomic E-state index is 0.128. The lowest BCUT2D eigenvalue weighted by Gasteiger charge is -2.18. The number of hydrogen-bond donors (Lipinski definition) is 1. The van der Waals surface area contributed by atoms with Gasteiger partial charge in [0.15, 0.2) is 5.69 Å². The first-order chi connectivity index (χ1) is 10.8. The maximum Gasteiger partial charge on any atom is 0.435 e. The third kappa shape index (κ3) is 3.08. The third-order valence-electron chi connectivity index (χ3n) is 3.92. The predicted molar refractivity (Wildman–Crippen MR) is 74.3 cm³/mol. The fraction of sp³-hybridized carbons (Fsp3) is 0.500. The highest BCUT2D eigenvalue weighted by molar-refractivity contribution is 5.93. The summed E-state index contributed by atoms with van der Waals surface area (Å²) in [4.78, 5) is 16.6. The highest BCUT2D eigenvalue weighted by Gasteiger charge is 2.38. The monoisotopic (exact) mass is 327 g/mol. The zero-order valence-corrected chi connectivity index (χ0v) is 12.6. The summed E-state index contributed by atoms with van der Waals surface area (Å²) in [6.45, 7) is 0. The van der Waals surface area contributed by atoms with E-state index in [2.05, 4.69) is 15.4 Å². The fourth-order valence-corrected chi connectivity index (χ4v) is 2.53. The Kier molecular flexibility index (Phi) is 3.65. The molecule has 1 saturated carbocycles. The van der Waals surface area contributed by atoms with Crippen molar-refractivity contribution in [2.45, 2.75) is 25.1 Å². The van der Waals surface area contributed by atoms with Crippen LogP contribution in [0.2, 0.25) is 0 Å². The minimum Gasteiger partial charge on any atom is -0.340 e. The molecule has 9 heteroatoms. The van der Waals surface area contributed by atoms with Crippen molar-refractivity contribution < 1.29 is 18.0 Å². The molecule has 2 heterocycles. The Hall–Kier alpha value is -2.32. The molecule has 1 N–H and O–H groups in total. The number of carbonyl (C=O) groups excluding carboxylic acids is 1. The van der Waals surface area contributed by atoms with Crippen molar-refractivity contribution in [3.8, 4) is 0 Å². The van der Waals surface area contributed by atoms with Gasteiger partial charge in [0.05, 0.1) is 6.04 Å². The van der Waals surface area contributed by atoms with Crippen molar-refractivity contribution in [2.75, 3.05) is 0 Å². The van der Waals surface area contributed by atoms with Gasteiger partial charge in [-0.3, -0.25) is 9.48 Å². The highest BCUT2D eigenvalue weighted by Crippen LogP contribution is 2.40. The second-order valence-electron chi connectivity index (χ2n) is 5.72. The molecule has 6 nitrogen and oxygen atoms in total. The van der Waals surface area contributed by atoms with Crippen molar-refractivity contribution in [3.63, 3.8) is 0 Å². The van der Waals surface area contributed by atoms with Crippen LogP contribution in [0.25, 0.3) is 0 Å². The lowest BCUT2D eigenvalue weighted by molar-refractivity contribution is -0.141. The molecule has 1 aliphatic carbocycles. The molecule has 3 rings (SSSR count). The van der Waals surface area contributed by atoms with Gasteiger partial charge in [-0.05, 0) is 18.8 Å². The molecule has 23 heavy (non-hydrogen) atoms. The number of nitrogens with zero attached hydrogens (tertiary/aromatic N) is 4. The van der Waals surface area contributed by atoms with E-state index in [4.69, 9.17) is 0 Å². The number of hydrogen-bond acceptors (Lipinski definition) is 3. The Balaban J connectivity index is 1.83.